The number of ether oxygens (including phenoxy) is 2. The van der Waals surface area contributed by atoms with Gasteiger partial charge in [-0.05, 0) is 60.9 Å². The highest BCUT2D eigenvalue weighted by Crippen LogP contribution is 2.36. The normalized spacial score (nSPS) is 20.0. The molecule has 8 heteroatoms. The van der Waals surface area contributed by atoms with Crippen molar-refractivity contribution in [3.05, 3.63) is 63.6 Å². The molecule has 1 aliphatic carbocycles. The van der Waals surface area contributed by atoms with Crippen LogP contribution < -0.4 is 5.32 Å². The first kappa shape index (κ1) is 26.0. The quantitative estimate of drug-likeness (QED) is 0.439. The van der Waals surface area contributed by atoms with Crippen molar-refractivity contribution in [1.29, 1.82) is 0 Å². The summed E-state index contributed by atoms with van der Waals surface area (Å²) in [6, 6.07) is 10.9. The molecule has 3 atom stereocenters. The van der Waals surface area contributed by atoms with E-state index in [0.717, 1.165) is 19.3 Å². The maximum absolute atomic E-state index is 13.0. The van der Waals surface area contributed by atoms with Crippen LogP contribution in [0, 0.1) is 17.8 Å². The average Bonchev–Trinajstić information content (AvgIpc) is 2.79. The second kappa shape index (κ2) is 11.7. The summed E-state index contributed by atoms with van der Waals surface area (Å²) in [5, 5.41) is 3.24. The maximum Gasteiger partial charge on any atom is 0.339 e. The molecule has 0 spiro atoms. The first-order valence-electron chi connectivity index (χ1n) is 11.4. The van der Waals surface area contributed by atoms with Crippen LogP contribution in [0.5, 0.6) is 0 Å². The van der Waals surface area contributed by atoms with Crippen LogP contribution in [-0.2, 0) is 14.3 Å². The molecular formula is C26H29Cl2NO5. The van der Waals surface area contributed by atoms with Crippen LogP contribution in [0.4, 0.5) is 5.69 Å². The van der Waals surface area contributed by atoms with E-state index in [1.54, 1.807) is 24.3 Å². The predicted octanol–water partition coefficient (Wildman–Crippen LogP) is 6.41. The van der Waals surface area contributed by atoms with Gasteiger partial charge in [0, 0.05) is 5.02 Å². The summed E-state index contributed by atoms with van der Waals surface area (Å²) in [6.45, 7) is 5.87. The molecule has 34 heavy (non-hydrogen) atoms. The molecule has 0 bridgehead atoms. The summed E-state index contributed by atoms with van der Waals surface area (Å²) < 4.78 is 11.0. The molecule has 6 nitrogen and oxygen atoms in total. The number of carbonyl (C=O) groups excluding carboxylic acids is 3. The topological polar surface area (TPSA) is 81.7 Å². The van der Waals surface area contributed by atoms with Gasteiger partial charge in [0.25, 0.3) is 5.91 Å². The van der Waals surface area contributed by atoms with Crippen LogP contribution in [0.15, 0.2) is 42.5 Å². The third-order valence-corrected chi connectivity index (χ3v) is 6.69. The van der Waals surface area contributed by atoms with Gasteiger partial charge in [0.05, 0.1) is 21.8 Å². The minimum absolute atomic E-state index is 0.0473. The minimum atomic E-state index is -0.794. The van der Waals surface area contributed by atoms with Crippen molar-refractivity contribution in [2.75, 3.05) is 11.9 Å². The lowest BCUT2D eigenvalue weighted by Gasteiger charge is -2.36. The molecule has 0 aliphatic heterocycles. The van der Waals surface area contributed by atoms with Crippen molar-refractivity contribution in [1.82, 2.24) is 0 Å². The number of carbonyl (C=O) groups is 3. The molecule has 0 radical (unpaired) electrons. The number of benzene rings is 2. The monoisotopic (exact) mass is 505 g/mol. The van der Waals surface area contributed by atoms with Gasteiger partial charge in [-0.3, -0.25) is 4.79 Å². The Hall–Kier alpha value is -2.57. The standard InChI is InChI=1S/C26H29Cl2NO5/c1-15(2)18-10-8-16(3)12-23(18)34-26(32)20-7-5-4-6-19(20)25(31)33-14-24(30)29-22-13-17(27)9-11-21(22)28/h4-7,9,11,13,15-16,18,23H,8,10,12,14H2,1-3H3,(H,29,30)/t16-,18-,23-/m1/s1. The lowest BCUT2D eigenvalue weighted by atomic mass is 9.75. The Labute approximate surface area is 209 Å². The number of halogens is 2. The Balaban J connectivity index is 1.65. The molecule has 0 unspecified atom stereocenters. The van der Waals surface area contributed by atoms with Gasteiger partial charge in [0.15, 0.2) is 6.61 Å². The molecule has 1 amide bonds. The number of amides is 1. The minimum Gasteiger partial charge on any atom is -0.458 e. The van der Waals surface area contributed by atoms with Gasteiger partial charge in [-0.15, -0.1) is 0 Å². The van der Waals surface area contributed by atoms with Crippen molar-refractivity contribution >= 4 is 46.7 Å². The molecule has 0 aromatic heterocycles. The molecule has 2 aromatic carbocycles. The van der Waals surface area contributed by atoms with Gasteiger partial charge >= 0.3 is 11.9 Å². The van der Waals surface area contributed by atoms with E-state index in [4.69, 9.17) is 32.7 Å². The highest BCUT2D eigenvalue weighted by Gasteiger charge is 2.34. The number of hydrogen-bond donors (Lipinski definition) is 1. The Kier molecular flexibility index (Phi) is 8.97. The molecule has 1 fully saturated rings. The van der Waals surface area contributed by atoms with Gasteiger partial charge in [0.2, 0.25) is 0 Å². The zero-order valence-corrected chi connectivity index (χ0v) is 21.0. The maximum atomic E-state index is 13.0. The fourth-order valence-corrected chi connectivity index (χ4v) is 4.62. The van der Waals surface area contributed by atoms with E-state index < -0.39 is 24.5 Å². The molecule has 2 aromatic rings. The lowest BCUT2D eigenvalue weighted by Crippen LogP contribution is -2.36. The summed E-state index contributed by atoms with van der Waals surface area (Å²) in [5.41, 5.74) is 0.471. The largest absolute Gasteiger partial charge is 0.458 e. The molecule has 0 saturated heterocycles. The van der Waals surface area contributed by atoms with Gasteiger partial charge in [-0.1, -0.05) is 62.5 Å². The van der Waals surface area contributed by atoms with E-state index in [2.05, 4.69) is 26.1 Å². The molecule has 182 valence electrons. The molecular weight excluding hydrogens is 477 g/mol. The van der Waals surface area contributed by atoms with Crippen molar-refractivity contribution in [2.24, 2.45) is 17.8 Å². The van der Waals surface area contributed by atoms with Crippen LogP contribution in [0.25, 0.3) is 0 Å². The van der Waals surface area contributed by atoms with E-state index in [9.17, 15) is 14.4 Å². The Morgan fingerprint density at radius 2 is 1.71 bits per heavy atom. The molecule has 0 heterocycles. The third-order valence-electron chi connectivity index (χ3n) is 6.12. The number of esters is 2. The van der Waals surface area contributed by atoms with E-state index in [0.29, 0.717) is 27.6 Å². The number of hydrogen-bond acceptors (Lipinski definition) is 5. The Bertz CT molecular complexity index is 1060. The van der Waals surface area contributed by atoms with Crippen LogP contribution >= 0.6 is 23.2 Å². The van der Waals surface area contributed by atoms with E-state index in [1.807, 2.05) is 0 Å². The summed E-state index contributed by atoms with van der Waals surface area (Å²) in [7, 11) is 0. The Morgan fingerprint density at radius 1 is 1.03 bits per heavy atom. The van der Waals surface area contributed by atoms with Crippen molar-refractivity contribution in [3.8, 4) is 0 Å². The van der Waals surface area contributed by atoms with Crippen LogP contribution in [0.1, 0.15) is 60.7 Å². The van der Waals surface area contributed by atoms with Crippen molar-refractivity contribution < 1.29 is 23.9 Å². The van der Waals surface area contributed by atoms with Gasteiger partial charge in [-0.2, -0.15) is 0 Å². The third kappa shape index (κ3) is 6.73. The molecule has 1 N–H and O–H groups in total. The van der Waals surface area contributed by atoms with Gasteiger partial charge in [-0.25, -0.2) is 9.59 Å². The molecule has 1 aliphatic rings. The number of nitrogens with one attached hydrogen (secondary N) is 1. The van der Waals surface area contributed by atoms with E-state index in [-0.39, 0.29) is 23.1 Å². The van der Waals surface area contributed by atoms with Crippen molar-refractivity contribution in [3.63, 3.8) is 0 Å². The first-order valence-corrected chi connectivity index (χ1v) is 12.1. The van der Waals surface area contributed by atoms with Crippen LogP contribution in [0.2, 0.25) is 10.0 Å². The summed E-state index contributed by atoms with van der Waals surface area (Å²) in [6.07, 6.45) is 2.72. The second-order valence-corrected chi connectivity index (χ2v) is 9.91. The van der Waals surface area contributed by atoms with E-state index in [1.165, 1.54) is 18.2 Å². The zero-order valence-electron chi connectivity index (χ0n) is 19.5. The fourth-order valence-electron chi connectivity index (χ4n) is 4.28. The first-order chi connectivity index (χ1) is 16.2. The number of anilines is 1. The van der Waals surface area contributed by atoms with Crippen molar-refractivity contribution in [2.45, 2.75) is 46.1 Å². The predicted molar refractivity (Wildman–Crippen MR) is 132 cm³/mol. The van der Waals surface area contributed by atoms with Crippen LogP contribution in [0.3, 0.4) is 0 Å². The van der Waals surface area contributed by atoms with E-state index >= 15 is 0 Å². The fraction of sp³-hybridized carbons (Fsp3) is 0.423. The molecule has 1 saturated carbocycles. The Morgan fingerprint density at radius 3 is 2.38 bits per heavy atom. The molecule has 3 rings (SSSR count). The lowest BCUT2D eigenvalue weighted by molar-refractivity contribution is -0.119. The smallest absolute Gasteiger partial charge is 0.339 e. The zero-order chi connectivity index (χ0) is 24.8. The van der Waals surface area contributed by atoms with Gasteiger partial charge in [0.1, 0.15) is 6.10 Å². The number of rotatable bonds is 7. The average molecular weight is 506 g/mol. The SMILES string of the molecule is CC(C)[C@H]1CC[C@@H](C)C[C@H]1OC(=O)c1ccccc1C(=O)OCC(=O)Nc1cc(Cl)ccc1Cl. The second-order valence-electron chi connectivity index (χ2n) is 9.06. The highest BCUT2D eigenvalue weighted by molar-refractivity contribution is 6.35. The highest BCUT2D eigenvalue weighted by atomic mass is 35.5. The summed E-state index contributed by atoms with van der Waals surface area (Å²) in [4.78, 5) is 38.0. The van der Waals surface area contributed by atoms with Gasteiger partial charge < -0.3 is 14.8 Å². The van der Waals surface area contributed by atoms with Crippen LogP contribution in [-0.4, -0.2) is 30.6 Å². The summed E-state index contributed by atoms with van der Waals surface area (Å²) in [5.74, 6) is -0.809. The summed E-state index contributed by atoms with van der Waals surface area (Å²) >= 11 is 12.0.